The molecule has 2 aromatic carbocycles. The number of nitrogens with one attached hydrogen (secondary N) is 2. The number of anilines is 4. The van der Waals surface area contributed by atoms with Gasteiger partial charge < -0.3 is 15.0 Å². The summed E-state index contributed by atoms with van der Waals surface area (Å²) < 4.78 is 5.41. The van der Waals surface area contributed by atoms with Crippen LogP contribution in [0.25, 0.3) is 0 Å². The summed E-state index contributed by atoms with van der Waals surface area (Å²) in [5.74, 6) is 1.13. The number of nitro groups is 1. The molecule has 0 atom stereocenters. The Hall–Kier alpha value is -4.12. The van der Waals surface area contributed by atoms with E-state index in [9.17, 15) is 10.1 Å². The summed E-state index contributed by atoms with van der Waals surface area (Å²) in [5, 5.41) is 18.3. The van der Waals surface area contributed by atoms with Crippen molar-refractivity contribution in [1.29, 1.82) is 0 Å². The zero-order chi connectivity index (χ0) is 22.3. The Bertz CT molecular complexity index is 1110. The first-order valence-electron chi connectivity index (χ1n) is 10.0. The van der Waals surface area contributed by atoms with Gasteiger partial charge in [-0.05, 0) is 19.1 Å². The summed E-state index contributed by atoms with van der Waals surface area (Å²) in [4.78, 5) is 25.9. The van der Waals surface area contributed by atoms with Gasteiger partial charge in [-0.3, -0.25) is 10.1 Å². The Balaban J connectivity index is 1.56. The maximum Gasteiger partial charge on any atom is 0.270 e. The predicted octanol–water partition coefficient (Wildman–Crippen LogP) is 3.11. The first kappa shape index (κ1) is 21.1. The van der Waals surface area contributed by atoms with Crippen LogP contribution in [0.15, 0.2) is 53.6 Å². The molecule has 164 valence electrons. The van der Waals surface area contributed by atoms with Crippen LogP contribution in [0.4, 0.5) is 29.2 Å². The smallest absolute Gasteiger partial charge is 0.270 e. The number of rotatable bonds is 7. The second-order valence-electron chi connectivity index (χ2n) is 7.10. The Morgan fingerprint density at radius 2 is 1.84 bits per heavy atom. The maximum atomic E-state index is 10.9. The molecule has 0 unspecified atom stereocenters. The van der Waals surface area contributed by atoms with Gasteiger partial charge in [0, 0.05) is 36.5 Å². The zero-order valence-corrected chi connectivity index (χ0v) is 17.4. The number of nitrogens with zero attached hydrogens (tertiary/aromatic N) is 6. The second kappa shape index (κ2) is 9.79. The van der Waals surface area contributed by atoms with Crippen LogP contribution in [0.5, 0.6) is 0 Å². The van der Waals surface area contributed by atoms with Crippen molar-refractivity contribution in [3.8, 4) is 0 Å². The molecule has 11 nitrogen and oxygen atoms in total. The molecular weight excluding hydrogens is 412 g/mol. The van der Waals surface area contributed by atoms with Crippen molar-refractivity contribution in [1.82, 2.24) is 15.0 Å². The van der Waals surface area contributed by atoms with Crippen molar-refractivity contribution in [2.24, 2.45) is 5.10 Å². The first-order chi connectivity index (χ1) is 15.6. The van der Waals surface area contributed by atoms with E-state index in [1.165, 1.54) is 18.3 Å². The van der Waals surface area contributed by atoms with Gasteiger partial charge in [-0.2, -0.15) is 20.1 Å². The number of aryl methyl sites for hydroxylation is 1. The van der Waals surface area contributed by atoms with Crippen LogP contribution in [-0.2, 0) is 4.74 Å². The molecule has 32 heavy (non-hydrogen) atoms. The first-order valence-corrected chi connectivity index (χ1v) is 10.0. The van der Waals surface area contributed by atoms with Crippen LogP contribution >= 0.6 is 0 Å². The van der Waals surface area contributed by atoms with Crippen LogP contribution in [0.2, 0.25) is 0 Å². The fourth-order valence-electron chi connectivity index (χ4n) is 3.02. The quantitative estimate of drug-likeness (QED) is 0.327. The van der Waals surface area contributed by atoms with E-state index >= 15 is 0 Å². The number of hydrogen-bond donors (Lipinski definition) is 2. The van der Waals surface area contributed by atoms with E-state index in [0.717, 1.165) is 11.3 Å². The molecule has 1 aliphatic heterocycles. The van der Waals surface area contributed by atoms with Crippen LogP contribution in [0.1, 0.15) is 11.1 Å². The van der Waals surface area contributed by atoms with E-state index in [1.54, 1.807) is 12.1 Å². The molecule has 1 aromatic heterocycles. The third-order valence-corrected chi connectivity index (χ3v) is 4.68. The molecule has 1 saturated heterocycles. The average molecular weight is 434 g/mol. The van der Waals surface area contributed by atoms with Gasteiger partial charge in [0.2, 0.25) is 17.8 Å². The molecule has 4 rings (SSSR count). The lowest BCUT2D eigenvalue weighted by atomic mass is 10.2. The highest BCUT2D eigenvalue weighted by Gasteiger charge is 2.16. The lowest BCUT2D eigenvalue weighted by molar-refractivity contribution is -0.384. The number of non-ortho nitro benzene ring substituents is 1. The van der Waals surface area contributed by atoms with E-state index in [4.69, 9.17) is 4.74 Å². The molecule has 1 fully saturated rings. The number of benzene rings is 2. The average Bonchev–Trinajstić information content (AvgIpc) is 2.81. The standard InChI is InChI=1S/C21H22N8O3/c1-15-5-7-17(8-6-15)23-19-24-20(26-21(25-19)28-9-11-32-12-10-28)27-22-14-16-3-2-4-18(13-16)29(30)31/h2-8,13-14H,9-12H2,1H3,(H2,23,24,25,26,27). The van der Waals surface area contributed by atoms with Gasteiger partial charge >= 0.3 is 0 Å². The molecule has 0 bridgehead atoms. The monoisotopic (exact) mass is 434 g/mol. The highest BCUT2D eigenvalue weighted by atomic mass is 16.6. The maximum absolute atomic E-state index is 10.9. The number of aromatic nitrogens is 3. The summed E-state index contributed by atoms with van der Waals surface area (Å²) in [6, 6.07) is 14.1. The number of hydrogen-bond acceptors (Lipinski definition) is 10. The largest absolute Gasteiger partial charge is 0.378 e. The Kier molecular flexibility index (Phi) is 6.46. The van der Waals surface area contributed by atoms with Gasteiger partial charge in [0.1, 0.15) is 0 Å². The van der Waals surface area contributed by atoms with Crippen molar-refractivity contribution >= 4 is 35.4 Å². The van der Waals surface area contributed by atoms with Gasteiger partial charge in [0.25, 0.3) is 5.69 Å². The van der Waals surface area contributed by atoms with Crippen molar-refractivity contribution in [3.63, 3.8) is 0 Å². The lowest BCUT2D eigenvalue weighted by Crippen LogP contribution is -2.37. The van der Waals surface area contributed by atoms with Crippen molar-refractivity contribution in [2.45, 2.75) is 6.92 Å². The topological polar surface area (TPSA) is 131 Å². The Morgan fingerprint density at radius 1 is 1.09 bits per heavy atom. The molecule has 0 spiro atoms. The molecule has 11 heteroatoms. The molecule has 2 N–H and O–H groups in total. The second-order valence-corrected chi connectivity index (χ2v) is 7.10. The van der Waals surface area contributed by atoms with Crippen molar-refractivity contribution < 1.29 is 9.66 Å². The summed E-state index contributed by atoms with van der Waals surface area (Å²) in [5.41, 5.74) is 5.36. The third-order valence-electron chi connectivity index (χ3n) is 4.68. The molecule has 0 saturated carbocycles. The van der Waals surface area contributed by atoms with Gasteiger partial charge in [-0.15, -0.1) is 0 Å². The number of morpholine rings is 1. The van der Waals surface area contributed by atoms with Gasteiger partial charge in [-0.25, -0.2) is 5.43 Å². The fraction of sp³-hybridized carbons (Fsp3) is 0.238. The zero-order valence-electron chi connectivity index (χ0n) is 17.4. The molecule has 0 radical (unpaired) electrons. The normalized spacial score (nSPS) is 13.8. The Labute approximate surface area is 184 Å². The number of ether oxygens (including phenoxy) is 1. The van der Waals surface area contributed by atoms with E-state index in [-0.39, 0.29) is 11.6 Å². The Morgan fingerprint density at radius 3 is 2.59 bits per heavy atom. The molecule has 1 aliphatic rings. The fourth-order valence-corrected chi connectivity index (χ4v) is 3.02. The predicted molar refractivity (Wildman–Crippen MR) is 122 cm³/mol. The lowest BCUT2D eigenvalue weighted by Gasteiger charge is -2.27. The van der Waals surface area contributed by atoms with Gasteiger partial charge in [-0.1, -0.05) is 29.8 Å². The number of nitro benzene ring substituents is 1. The SMILES string of the molecule is Cc1ccc(Nc2nc(NN=Cc3cccc([N+](=O)[O-])c3)nc(N3CCOCC3)n2)cc1. The van der Waals surface area contributed by atoms with Crippen molar-refractivity contribution in [3.05, 3.63) is 69.8 Å². The minimum absolute atomic E-state index is 0.00620. The summed E-state index contributed by atoms with van der Waals surface area (Å²) in [6.45, 7) is 4.56. The molecular formula is C21H22N8O3. The highest BCUT2D eigenvalue weighted by Crippen LogP contribution is 2.19. The van der Waals surface area contributed by atoms with Crippen LogP contribution in [0, 0.1) is 17.0 Å². The van der Waals surface area contributed by atoms with Gasteiger partial charge in [0.05, 0.1) is 24.4 Å². The van der Waals surface area contributed by atoms with Crippen molar-refractivity contribution in [2.75, 3.05) is 41.9 Å². The molecule has 0 aliphatic carbocycles. The third kappa shape index (κ3) is 5.52. The minimum Gasteiger partial charge on any atom is -0.378 e. The van der Waals surface area contributed by atoms with E-state index in [2.05, 4.69) is 30.8 Å². The van der Waals surface area contributed by atoms with Crippen LogP contribution in [-0.4, -0.2) is 52.4 Å². The summed E-state index contributed by atoms with van der Waals surface area (Å²) >= 11 is 0. The molecule has 0 amide bonds. The molecule has 2 heterocycles. The summed E-state index contributed by atoms with van der Waals surface area (Å²) in [7, 11) is 0. The van der Waals surface area contributed by atoms with Crippen LogP contribution in [0.3, 0.4) is 0 Å². The van der Waals surface area contributed by atoms with E-state index in [0.29, 0.717) is 43.8 Å². The molecule has 3 aromatic rings. The number of hydrazone groups is 1. The van der Waals surface area contributed by atoms with Gasteiger partial charge in [0.15, 0.2) is 0 Å². The van der Waals surface area contributed by atoms with Crippen LogP contribution < -0.4 is 15.6 Å². The summed E-state index contributed by atoms with van der Waals surface area (Å²) in [6.07, 6.45) is 1.47. The van der Waals surface area contributed by atoms with E-state index in [1.807, 2.05) is 36.1 Å². The highest BCUT2D eigenvalue weighted by molar-refractivity contribution is 5.81. The van der Waals surface area contributed by atoms with E-state index < -0.39 is 4.92 Å². The minimum atomic E-state index is -0.450.